The number of rotatable bonds is 8. The van der Waals surface area contributed by atoms with Crippen LogP contribution in [0.4, 0.5) is 0 Å². The predicted molar refractivity (Wildman–Crippen MR) is 117 cm³/mol. The van der Waals surface area contributed by atoms with Crippen molar-refractivity contribution in [3.63, 3.8) is 0 Å². The van der Waals surface area contributed by atoms with Gasteiger partial charge in [-0.3, -0.25) is 9.59 Å². The van der Waals surface area contributed by atoms with Gasteiger partial charge in [0.2, 0.25) is 0 Å². The van der Waals surface area contributed by atoms with E-state index in [1.165, 1.54) is 18.4 Å². The molecule has 0 saturated heterocycles. The van der Waals surface area contributed by atoms with Crippen molar-refractivity contribution in [3.8, 4) is 17.2 Å². The zero-order chi connectivity index (χ0) is 22.4. The minimum atomic E-state index is -0.418. The molecule has 0 aliphatic carbocycles. The molecule has 3 rings (SSSR count). The summed E-state index contributed by atoms with van der Waals surface area (Å²) in [7, 11) is 4.66. The second-order valence-corrected chi connectivity index (χ2v) is 7.49. The third-order valence-electron chi connectivity index (χ3n) is 4.49. The molecule has 1 aromatic heterocycles. The van der Waals surface area contributed by atoms with Crippen molar-refractivity contribution in [1.82, 2.24) is 4.57 Å². The first kappa shape index (κ1) is 22.4. The van der Waals surface area contributed by atoms with E-state index in [2.05, 4.69) is 4.99 Å². The third-order valence-corrected chi connectivity index (χ3v) is 5.53. The van der Waals surface area contributed by atoms with E-state index in [0.29, 0.717) is 27.6 Å². The summed E-state index contributed by atoms with van der Waals surface area (Å²) in [6, 6.07) is 10.8. The average Bonchev–Trinajstić information content (AvgIpc) is 3.08. The molecule has 0 bridgehead atoms. The third kappa shape index (κ3) is 5.24. The summed E-state index contributed by atoms with van der Waals surface area (Å²) in [5, 5.41) is 0. The number of aromatic nitrogens is 1. The lowest BCUT2D eigenvalue weighted by Crippen LogP contribution is -2.23. The fourth-order valence-electron chi connectivity index (χ4n) is 3.07. The minimum Gasteiger partial charge on any atom is -0.497 e. The van der Waals surface area contributed by atoms with Crippen LogP contribution in [0.2, 0.25) is 0 Å². The molecule has 31 heavy (non-hydrogen) atoms. The highest BCUT2D eigenvalue weighted by atomic mass is 32.1. The Morgan fingerprint density at radius 2 is 1.77 bits per heavy atom. The maximum absolute atomic E-state index is 12.7. The Balaban J connectivity index is 2.05. The SMILES string of the molecule is CCOC(=O)Cn1c(=NC(=O)Cc2cccc(OC)c2)sc2cc(OC)c(OC)cc21. The van der Waals surface area contributed by atoms with Gasteiger partial charge in [-0.15, -0.1) is 0 Å². The van der Waals surface area contributed by atoms with Crippen LogP contribution in [0.3, 0.4) is 0 Å². The van der Waals surface area contributed by atoms with Crippen molar-refractivity contribution < 1.29 is 28.5 Å². The molecule has 3 aromatic rings. The Kier molecular flexibility index (Phi) is 7.30. The maximum atomic E-state index is 12.7. The van der Waals surface area contributed by atoms with E-state index in [-0.39, 0.29) is 25.5 Å². The molecule has 1 amide bonds. The van der Waals surface area contributed by atoms with Crippen molar-refractivity contribution >= 4 is 33.4 Å². The minimum absolute atomic E-state index is 0.0748. The van der Waals surface area contributed by atoms with Crippen molar-refractivity contribution in [2.75, 3.05) is 27.9 Å². The monoisotopic (exact) mass is 444 g/mol. The van der Waals surface area contributed by atoms with Crippen molar-refractivity contribution in [2.45, 2.75) is 19.9 Å². The van der Waals surface area contributed by atoms with Gasteiger partial charge in [0.05, 0.1) is 44.6 Å². The molecule has 164 valence electrons. The van der Waals surface area contributed by atoms with E-state index in [0.717, 1.165) is 10.3 Å². The standard InChI is InChI=1S/C22H24N2O6S/c1-5-30-21(26)13-24-16-11-17(28-3)18(29-4)12-19(16)31-22(24)23-20(25)10-14-7-6-8-15(9-14)27-2/h6-9,11-12H,5,10,13H2,1-4H3. The highest BCUT2D eigenvalue weighted by Crippen LogP contribution is 2.33. The number of methoxy groups -OCH3 is 3. The quantitative estimate of drug-likeness (QED) is 0.497. The van der Waals surface area contributed by atoms with Gasteiger partial charge in [-0.2, -0.15) is 4.99 Å². The van der Waals surface area contributed by atoms with Crippen molar-refractivity contribution in [2.24, 2.45) is 4.99 Å². The molecule has 0 spiro atoms. The number of nitrogens with zero attached hydrogens (tertiary/aromatic N) is 2. The number of esters is 1. The molecular formula is C22H24N2O6S. The van der Waals surface area contributed by atoms with E-state index >= 15 is 0 Å². The normalized spacial score (nSPS) is 11.4. The first-order chi connectivity index (χ1) is 15.0. The topological polar surface area (TPSA) is 88.4 Å². The average molecular weight is 445 g/mol. The van der Waals surface area contributed by atoms with Crippen LogP contribution in [0.1, 0.15) is 12.5 Å². The van der Waals surface area contributed by atoms with Gasteiger partial charge < -0.3 is 23.5 Å². The summed E-state index contributed by atoms with van der Waals surface area (Å²) < 4.78 is 23.5. The summed E-state index contributed by atoms with van der Waals surface area (Å²) >= 11 is 1.29. The lowest BCUT2D eigenvalue weighted by molar-refractivity contribution is -0.143. The molecule has 0 fully saturated rings. The summed E-state index contributed by atoms with van der Waals surface area (Å²) in [5.41, 5.74) is 1.48. The number of benzene rings is 2. The number of carbonyl (C=O) groups is 2. The Morgan fingerprint density at radius 3 is 2.45 bits per heavy atom. The first-order valence-electron chi connectivity index (χ1n) is 9.60. The molecule has 0 aliphatic heterocycles. The Bertz CT molecular complexity index is 1160. The zero-order valence-corrected chi connectivity index (χ0v) is 18.7. The molecule has 1 heterocycles. The number of thiazole rings is 1. The van der Waals surface area contributed by atoms with Gasteiger partial charge in [0.1, 0.15) is 12.3 Å². The lowest BCUT2D eigenvalue weighted by atomic mass is 10.1. The molecule has 0 aliphatic rings. The van der Waals surface area contributed by atoms with Crippen LogP contribution in [-0.4, -0.2) is 44.4 Å². The van der Waals surface area contributed by atoms with Crippen LogP contribution >= 0.6 is 11.3 Å². The van der Waals surface area contributed by atoms with Crippen LogP contribution < -0.4 is 19.0 Å². The second-order valence-electron chi connectivity index (χ2n) is 6.48. The summed E-state index contributed by atoms with van der Waals surface area (Å²) in [6.07, 6.45) is 0.109. The first-order valence-corrected chi connectivity index (χ1v) is 10.4. The predicted octanol–water partition coefficient (Wildman–Crippen LogP) is 2.96. The van der Waals surface area contributed by atoms with E-state index in [1.807, 2.05) is 18.2 Å². The fraction of sp³-hybridized carbons (Fsp3) is 0.318. The zero-order valence-electron chi connectivity index (χ0n) is 17.8. The molecule has 9 heteroatoms. The molecule has 0 atom stereocenters. The number of fused-ring (bicyclic) bond motifs is 1. The summed E-state index contributed by atoms with van der Waals surface area (Å²) in [5.74, 6) is 0.979. The smallest absolute Gasteiger partial charge is 0.326 e. The van der Waals surface area contributed by atoms with Gasteiger partial charge in [0, 0.05) is 12.1 Å². The Morgan fingerprint density at radius 1 is 1.03 bits per heavy atom. The van der Waals surface area contributed by atoms with Crippen LogP contribution in [0.25, 0.3) is 10.2 Å². The highest BCUT2D eigenvalue weighted by molar-refractivity contribution is 7.16. The van der Waals surface area contributed by atoms with Crippen LogP contribution in [-0.2, 0) is 27.3 Å². The number of amides is 1. The number of carbonyl (C=O) groups excluding carboxylic acids is 2. The van der Waals surface area contributed by atoms with Crippen LogP contribution in [0.5, 0.6) is 17.2 Å². The number of hydrogen-bond acceptors (Lipinski definition) is 7. The summed E-state index contributed by atoms with van der Waals surface area (Å²) in [4.78, 5) is 29.6. The van der Waals surface area contributed by atoms with E-state index in [1.54, 1.807) is 43.9 Å². The van der Waals surface area contributed by atoms with Gasteiger partial charge in [-0.25, -0.2) is 0 Å². The highest BCUT2D eigenvalue weighted by Gasteiger charge is 2.16. The van der Waals surface area contributed by atoms with Gasteiger partial charge >= 0.3 is 5.97 Å². The largest absolute Gasteiger partial charge is 0.497 e. The van der Waals surface area contributed by atoms with Gasteiger partial charge in [-0.1, -0.05) is 23.5 Å². The second kappa shape index (κ2) is 10.1. The van der Waals surface area contributed by atoms with E-state index < -0.39 is 5.97 Å². The van der Waals surface area contributed by atoms with Crippen molar-refractivity contribution in [1.29, 1.82) is 0 Å². The Hall–Kier alpha value is -3.33. The van der Waals surface area contributed by atoms with E-state index in [9.17, 15) is 9.59 Å². The molecule has 2 aromatic carbocycles. The van der Waals surface area contributed by atoms with Crippen LogP contribution in [0, 0.1) is 0 Å². The molecule has 0 saturated carbocycles. The molecule has 0 N–H and O–H groups in total. The van der Waals surface area contributed by atoms with Gasteiger partial charge in [0.15, 0.2) is 16.3 Å². The van der Waals surface area contributed by atoms with Crippen LogP contribution in [0.15, 0.2) is 41.4 Å². The Labute approximate surface area is 183 Å². The number of ether oxygens (including phenoxy) is 4. The number of hydrogen-bond donors (Lipinski definition) is 0. The van der Waals surface area contributed by atoms with Crippen molar-refractivity contribution in [3.05, 3.63) is 46.8 Å². The molecule has 8 nitrogen and oxygen atoms in total. The van der Waals surface area contributed by atoms with E-state index in [4.69, 9.17) is 18.9 Å². The van der Waals surface area contributed by atoms with Gasteiger partial charge in [0.25, 0.3) is 5.91 Å². The van der Waals surface area contributed by atoms with Gasteiger partial charge in [-0.05, 0) is 24.6 Å². The lowest BCUT2D eigenvalue weighted by Gasteiger charge is -2.09. The fourth-order valence-corrected chi connectivity index (χ4v) is 4.13. The maximum Gasteiger partial charge on any atom is 0.326 e. The molecular weight excluding hydrogens is 420 g/mol. The molecule has 0 unspecified atom stereocenters. The summed E-state index contributed by atoms with van der Waals surface area (Å²) in [6.45, 7) is 1.93. The molecule has 0 radical (unpaired) electrons.